The van der Waals surface area contributed by atoms with Gasteiger partial charge in [-0.3, -0.25) is 4.79 Å². The van der Waals surface area contributed by atoms with E-state index in [9.17, 15) is 45.6 Å². The van der Waals surface area contributed by atoms with Crippen LogP contribution < -0.4 is 5.32 Å². The summed E-state index contributed by atoms with van der Waals surface area (Å²) in [6, 6.07) is -0.943. The van der Waals surface area contributed by atoms with Gasteiger partial charge in [0.1, 0.15) is 48.8 Å². The van der Waals surface area contributed by atoms with Gasteiger partial charge in [0.25, 0.3) is 0 Å². The monoisotopic (exact) mass is 1120 g/mol. The Morgan fingerprint density at radius 2 is 0.848 bits per heavy atom. The molecule has 0 aromatic carbocycles. The second-order valence-electron chi connectivity index (χ2n) is 22.5. The van der Waals surface area contributed by atoms with Gasteiger partial charge in [0.05, 0.1) is 32.0 Å². The number of carbonyl (C=O) groups is 1. The van der Waals surface area contributed by atoms with E-state index in [4.69, 9.17) is 18.9 Å². The molecule has 2 aliphatic heterocycles. The molecule has 460 valence electrons. The van der Waals surface area contributed by atoms with Gasteiger partial charge in [-0.1, -0.05) is 229 Å². The van der Waals surface area contributed by atoms with Crippen LogP contribution in [0.3, 0.4) is 0 Å². The lowest BCUT2D eigenvalue weighted by atomic mass is 9.97. The predicted octanol–water partition coefficient (Wildman–Crippen LogP) is 11.7. The quantitative estimate of drug-likeness (QED) is 0.0204. The fourth-order valence-corrected chi connectivity index (χ4v) is 10.2. The summed E-state index contributed by atoms with van der Waals surface area (Å²) in [5.41, 5.74) is 0. The van der Waals surface area contributed by atoms with Crippen LogP contribution >= 0.6 is 0 Å². The summed E-state index contributed by atoms with van der Waals surface area (Å²) in [4.78, 5) is 13.3. The van der Waals surface area contributed by atoms with Crippen LogP contribution in [0.4, 0.5) is 0 Å². The van der Waals surface area contributed by atoms with Crippen LogP contribution in [0.15, 0.2) is 60.8 Å². The number of unbranched alkanes of at least 4 members (excludes halogenated alkanes) is 30. The lowest BCUT2D eigenvalue weighted by Crippen LogP contribution is -2.65. The highest BCUT2D eigenvalue weighted by molar-refractivity contribution is 5.76. The van der Waals surface area contributed by atoms with E-state index in [1.807, 2.05) is 6.08 Å². The third kappa shape index (κ3) is 35.4. The summed E-state index contributed by atoms with van der Waals surface area (Å²) >= 11 is 0. The first-order valence-corrected chi connectivity index (χ1v) is 32.0. The van der Waals surface area contributed by atoms with Crippen molar-refractivity contribution in [1.82, 2.24) is 5.32 Å². The average molecular weight is 1120 g/mol. The summed E-state index contributed by atoms with van der Waals surface area (Å²) in [6.07, 6.45) is 48.4. The fraction of sp³-hybridized carbons (Fsp3) is 0.831. The van der Waals surface area contributed by atoms with Gasteiger partial charge in [0.15, 0.2) is 12.6 Å². The Morgan fingerprint density at radius 3 is 1.34 bits per heavy atom. The van der Waals surface area contributed by atoms with Crippen molar-refractivity contribution in [3.8, 4) is 0 Å². The largest absolute Gasteiger partial charge is 0.394 e. The summed E-state index contributed by atoms with van der Waals surface area (Å²) in [7, 11) is 0. The Balaban J connectivity index is 1.76. The van der Waals surface area contributed by atoms with Crippen LogP contribution in [0.5, 0.6) is 0 Å². The Hall–Kier alpha value is -2.31. The van der Waals surface area contributed by atoms with E-state index < -0.39 is 86.8 Å². The highest BCUT2D eigenvalue weighted by atomic mass is 16.7. The maximum Gasteiger partial charge on any atom is 0.220 e. The number of rotatable bonds is 51. The van der Waals surface area contributed by atoms with Gasteiger partial charge in [-0.05, 0) is 77.0 Å². The lowest BCUT2D eigenvalue weighted by molar-refractivity contribution is -0.359. The first-order chi connectivity index (χ1) is 38.6. The summed E-state index contributed by atoms with van der Waals surface area (Å²) in [6.45, 7) is 2.76. The third-order valence-electron chi connectivity index (χ3n) is 15.4. The van der Waals surface area contributed by atoms with Crippen molar-refractivity contribution in [2.45, 2.75) is 325 Å². The molecule has 0 aromatic heterocycles. The first-order valence-electron chi connectivity index (χ1n) is 32.0. The minimum absolute atomic E-state index is 0.258. The van der Waals surface area contributed by atoms with Gasteiger partial charge in [0.2, 0.25) is 5.91 Å². The molecule has 14 heteroatoms. The normalized spacial score (nSPS) is 24.8. The fourth-order valence-electron chi connectivity index (χ4n) is 10.2. The number of amides is 1. The molecular weight excluding hydrogens is 1000 g/mol. The molecule has 0 radical (unpaired) electrons. The van der Waals surface area contributed by atoms with Crippen molar-refractivity contribution in [3.05, 3.63) is 60.8 Å². The molecule has 1 amide bonds. The van der Waals surface area contributed by atoms with Gasteiger partial charge in [-0.2, -0.15) is 0 Å². The standard InChI is InChI=1S/C65H117NO13/c1-3-5-7-9-11-13-15-17-19-21-23-24-25-26-27-28-29-31-32-34-36-38-40-42-44-46-48-54(69)53(66-57(70)49-47-45-43-41-39-37-35-33-30-22-20-18-16-14-12-10-8-6-4-2)52-76-64-62(75)60(73)63(56(51-68)78-64)79-65-61(74)59(72)58(71)55(50-67)77-65/h12,14,18,20,31-32,38,40,46,48,53-56,58-65,67-69,71-75H,3-11,13,15-17,19,21-30,33-37,39,41-45,47,49-52H2,1-2H3,(H,66,70)/b14-12-,20-18-,32-31+,40-38+,48-46+. The number of nitrogens with one attached hydrogen (secondary N) is 1. The van der Waals surface area contributed by atoms with Crippen LogP contribution in [-0.4, -0.2) is 140 Å². The molecule has 2 saturated heterocycles. The number of ether oxygens (including phenoxy) is 4. The number of allylic oxidation sites excluding steroid dienone is 9. The molecule has 0 spiro atoms. The van der Waals surface area contributed by atoms with Crippen molar-refractivity contribution in [2.24, 2.45) is 0 Å². The zero-order chi connectivity index (χ0) is 57.4. The van der Waals surface area contributed by atoms with E-state index in [-0.39, 0.29) is 18.9 Å². The Labute approximate surface area is 479 Å². The second-order valence-corrected chi connectivity index (χ2v) is 22.5. The van der Waals surface area contributed by atoms with E-state index in [0.717, 1.165) is 57.8 Å². The highest BCUT2D eigenvalue weighted by Crippen LogP contribution is 2.30. The molecule has 2 rings (SSSR count). The molecule has 2 heterocycles. The Bertz CT molecular complexity index is 1560. The maximum absolute atomic E-state index is 13.3. The molecule has 12 unspecified atom stereocenters. The summed E-state index contributed by atoms with van der Waals surface area (Å²) in [5.74, 6) is -0.258. The molecule has 79 heavy (non-hydrogen) atoms. The minimum atomic E-state index is -1.79. The number of hydrogen-bond donors (Lipinski definition) is 9. The maximum atomic E-state index is 13.3. The highest BCUT2D eigenvalue weighted by Gasteiger charge is 2.51. The van der Waals surface area contributed by atoms with Crippen LogP contribution in [0.25, 0.3) is 0 Å². The molecule has 14 nitrogen and oxygen atoms in total. The van der Waals surface area contributed by atoms with E-state index >= 15 is 0 Å². The van der Waals surface area contributed by atoms with E-state index in [1.165, 1.54) is 161 Å². The SMILES string of the molecule is CCCCC/C=C\C/C=C\CCCCCCCCCCCC(=O)NC(COC1OC(CO)C(OC2OC(CO)C(O)C(O)C2O)C(O)C1O)C(O)/C=C/CC/C=C/CC/C=C/CCCCCCCCCCCCCCCCCC. The van der Waals surface area contributed by atoms with E-state index in [1.54, 1.807) is 6.08 Å². The number of aliphatic hydroxyl groups is 8. The minimum Gasteiger partial charge on any atom is -0.394 e. The molecule has 9 N–H and O–H groups in total. The molecule has 0 aromatic rings. The zero-order valence-electron chi connectivity index (χ0n) is 49.6. The van der Waals surface area contributed by atoms with Gasteiger partial charge < -0.3 is 65.1 Å². The molecule has 12 atom stereocenters. The van der Waals surface area contributed by atoms with Gasteiger partial charge >= 0.3 is 0 Å². The van der Waals surface area contributed by atoms with Gasteiger partial charge in [0, 0.05) is 6.42 Å². The van der Waals surface area contributed by atoms with Gasteiger partial charge in [-0.25, -0.2) is 0 Å². The van der Waals surface area contributed by atoms with E-state index in [2.05, 4.69) is 67.8 Å². The van der Waals surface area contributed by atoms with Gasteiger partial charge in [-0.15, -0.1) is 0 Å². The Kier molecular flexibility index (Phi) is 46.3. The van der Waals surface area contributed by atoms with Crippen LogP contribution in [0.2, 0.25) is 0 Å². The van der Waals surface area contributed by atoms with Crippen molar-refractivity contribution >= 4 is 5.91 Å². The number of hydrogen-bond acceptors (Lipinski definition) is 13. The molecule has 2 fully saturated rings. The zero-order valence-corrected chi connectivity index (χ0v) is 49.6. The number of carbonyl (C=O) groups excluding carboxylic acids is 1. The number of aliphatic hydroxyl groups excluding tert-OH is 8. The molecule has 0 saturated carbocycles. The molecule has 0 bridgehead atoms. The van der Waals surface area contributed by atoms with Crippen LogP contribution in [0, 0.1) is 0 Å². The Morgan fingerprint density at radius 1 is 0.456 bits per heavy atom. The topological polar surface area (TPSA) is 228 Å². The van der Waals surface area contributed by atoms with Crippen LogP contribution in [-0.2, 0) is 23.7 Å². The third-order valence-corrected chi connectivity index (χ3v) is 15.4. The van der Waals surface area contributed by atoms with Crippen molar-refractivity contribution in [3.63, 3.8) is 0 Å². The first kappa shape index (κ1) is 72.8. The van der Waals surface area contributed by atoms with Crippen LogP contribution in [0.1, 0.15) is 251 Å². The lowest BCUT2D eigenvalue weighted by Gasteiger charge is -2.46. The smallest absolute Gasteiger partial charge is 0.220 e. The van der Waals surface area contributed by atoms with E-state index in [0.29, 0.717) is 12.8 Å². The predicted molar refractivity (Wildman–Crippen MR) is 318 cm³/mol. The molecule has 0 aliphatic carbocycles. The van der Waals surface area contributed by atoms with Crippen molar-refractivity contribution in [1.29, 1.82) is 0 Å². The van der Waals surface area contributed by atoms with Crippen molar-refractivity contribution < 1.29 is 64.6 Å². The average Bonchev–Trinajstić information content (AvgIpc) is 3.47. The van der Waals surface area contributed by atoms with Crippen molar-refractivity contribution in [2.75, 3.05) is 19.8 Å². The molecular formula is C65H117NO13. The summed E-state index contributed by atoms with van der Waals surface area (Å²) in [5, 5.41) is 87.2. The molecule has 2 aliphatic rings. The second kappa shape index (κ2) is 50.2. The summed E-state index contributed by atoms with van der Waals surface area (Å²) < 4.78 is 22.8.